The molecule has 1 amide bonds. The minimum Gasteiger partial charge on any atom is -0.326 e. The minimum absolute atomic E-state index is 0.202. The number of piperidine rings is 1. The number of halogens is 1. The monoisotopic (exact) mass is 404 g/mol. The van der Waals surface area contributed by atoms with E-state index in [1.807, 2.05) is 19.9 Å². The van der Waals surface area contributed by atoms with Gasteiger partial charge in [-0.05, 0) is 74.6 Å². The number of amides is 1. The highest BCUT2D eigenvalue weighted by atomic mass is 32.2. The molecule has 0 unspecified atom stereocenters. The summed E-state index contributed by atoms with van der Waals surface area (Å²) in [5, 5.41) is 2.73. The van der Waals surface area contributed by atoms with Gasteiger partial charge in [-0.25, -0.2) is 12.8 Å². The average Bonchev–Trinajstić information content (AvgIpc) is 2.67. The Morgan fingerprint density at radius 3 is 2.25 bits per heavy atom. The van der Waals surface area contributed by atoms with Crippen molar-refractivity contribution in [1.82, 2.24) is 4.31 Å². The number of rotatable bonds is 4. The zero-order chi connectivity index (χ0) is 20.5. The van der Waals surface area contributed by atoms with E-state index in [0.29, 0.717) is 24.1 Å². The van der Waals surface area contributed by atoms with Crippen LogP contribution < -0.4 is 5.32 Å². The Morgan fingerprint density at radius 2 is 1.64 bits per heavy atom. The van der Waals surface area contributed by atoms with E-state index in [0.717, 1.165) is 11.1 Å². The van der Waals surface area contributed by atoms with Crippen molar-refractivity contribution in [2.75, 3.05) is 18.4 Å². The van der Waals surface area contributed by atoms with Crippen LogP contribution in [0.5, 0.6) is 0 Å². The Bertz CT molecular complexity index is 997. The molecule has 0 bridgehead atoms. The van der Waals surface area contributed by atoms with Gasteiger partial charge in [0.15, 0.2) is 0 Å². The van der Waals surface area contributed by atoms with Crippen molar-refractivity contribution in [3.8, 4) is 0 Å². The van der Waals surface area contributed by atoms with Crippen molar-refractivity contribution in [3.63, 3.8) is 0 Å². The molecule has 0 aliphatic carbocycles. The normalized spacial score (nSPS) is 16.1. The molecule has 7 heteroatoms. The molecule has 1 aliphatic rings. The molecule has 0 atom stereocenters. The summed E-state index contributed by atoms with van der Waals surface area (Å²) in [4.78, 5) is 12.8. The highest BCUT2D eigenvalue weighted by Gasteiger charge is 2.32. The van der Waals surface area contributed by atoms with Crippen LogP contribution in [0.2, 0.25) is 0 Å². The summed E-state index contributed by atoms with van der Waals surface area (Å²) in [7, 11) is -3.57. The van der Waals surface area contributed by atoms with Gasteiger partial charge in [0.1, 0.15) is 5.82 Å². The molecule has 0 radical (unpaired) electrons. The van der Waals surface area contributed by atoms with E-state index in [9.17, 15) is 17.6 Å². The number of carbonyl (C=O) groups is 1. The summed E-state index contributed by atoms with van der Waals surface area (Å²) in [5.74, 6) is -0.867. The van der Waals surface area contributed by atoms with E-state index in [1.165, 1.54) is 10.4 Å². The molecular formula is C21H25FN2O3S. The average molecular weight is 405 g/mol. The largest absolute Gasteiger partial charge is 0.326 e. The Balaban J connectivity index is 1.63. The lowest BCUT2D eigenvalue weighted by Gasteiger charge is -2.30. The van der Waals surface area contributed by atoms with Gasteiger partial charge in [0.2, 0.25) is 15.9 Å². The highest BCUT2D eigenvalue weighted by Crippen LogP contribution is 2.26. The van der Waals surface area contributed by atoms with E-state index < -0.39 is 10.0 Å². The van der Waals surface area contributed by atoms with Crippen LogP contribution in [-0.4, -0.2) is 31.7 Å². The van der Waals surface area contributed by atoms with Crippen LogP contribution in [-0.2, 0) is 14.8 Å². The van der Waals surface area contributed by atoms with E-state index in [4.69, 9.17) is 0 Å². The Kier molecular flexibility index (Phi) is 5.86. The van der Waals surface area contributed by atoms with E-state index in [-0.39, 0.29) is 35.6 Å². The maximum Gasteiger partial charge on any atom is 0.243 e. The SMILES string of the molecule is Cc1ccc(S(=O)(=O)N2CCC(C(=O)Nc3ccc(C)c(F)c3)CC2)cc1C. The number of nitrogens with zero attached hydrogens (tertiary/aromatic N) is 1. The van der Waals surface area contributed by atoms with Crippen LogP contribution in [0, 0.1) is 32.5 Å². The maximum atomic E-state index is 13.6. The highest BCUT2D eigenvalue weighted by molar-refractivity contribution is 7.89. The van der Waals surface area contributed by atoms with E-state index in [2.05, 4.69) is 5.32 Å². The van der Waals surface area contributed by atoms with Crippen molar-refractivity contribution >= 4 is 21.6 Å². The van der Waals surface area contributed by atoms with Crippen LogP contribution in [0.1, 0.15) is 29.5 Å². The molecule has 1 heterocycles. The van der Waals surface area contributed by atoms with Crippen molar-refractivity contribution < 1.29 is 17.6 Å². The Morgan fingerprint density at radius 1 is 1.00 bits per heavy atom. The molecule has 1 N–H and O–H groups in total. The van der Waals surface area contributed by atoms with Gasteiger partial charge < -0.3 is 5.32 Å². The van der Waals surface area contributed by atoms with Crippen LogP contribution in [0.3, 0.4) is 0 Å². The fourth-order valence-corrected chi connectivity index (χ4v) is 4.85. The number of hydrogen-bond acceptors (Lipinski definition) is 3. The molecule has 1 fully saturated rings. The lowest BCUT2D eigenvalue weighted by Crippen LogP contribution is -2.41. The summed E-state index contributed by atoms with van der Waals surface area (Å²) in [6.45, 7) is 6.06. The van der Waals surface area contributed by atoms with Gasteiger partial charge in [0.25, 0.3) is 0 Å². The molecule has 2 aromatic carbocycles. The number of hydrogen-bond donors (Lipinski definition) is 1. The Hall–Kier alpha value is -2.25. The summed E-state index contributed by atoms with van der Waals surface area (Å²) < 4.78 is 40.8. The third-order valence-electron chi connectivity index (χ3n) is 5.38. The Labute approximate surface area is 165 Å². The topological polar surface area (TPSA) is 66.5 Å². The summed E-state index contributed by atoms with van der Waals surface area (Å²) in [6.07, 6.45) is 0.870. The number of benzene rings is 2. The van der Waals surface area contributed by atoms with Crippen molar-refractivity contribution in [2.24, 2.45) is 5.92 Å². The third-order valence-corrected chi connectivity index (χ3v) is 7.27. The first kappa shape index (κ1) is 20.5. The fourth-order valence-electron chi connectivity index (χ4n) is 3.30. The van der Waals surface area contributed by atoms with Crippen LogP contribution >= 0.6 is 0 Å². The number of anilines is 1. The van der Waals surface area contributed by atoms with Crippen LogP contribution in [0.25, 0.3) is 0 Å². The summed E-state index contributed by atoms with van der Waals surface area (Å²) in [5.41, 5.74) is 2.91. The first-order valence-electron chi connectivity index (χ1n) is 9.33. The smallest absolute Gasteiger partial charge is 0.243 e. The minimum atomic E-state index is -3.57. The molecule has 0 saturated carbocycles. The van der Waals surface area contributed by atoms with Crippen molar-refractivity contribution in [2.45, 2.75) is 38.5 Å². The number of nitrogens with one attached hydrogen (secondary N) is 1. The van der Waals surface area contributed by atoms with Gasteiger partial charge in [-0.2, -0.15) is 4.31 Å². The molecular weight excluding hydrogens is 379 g/mol. The maximum absolute atomic E-state index is 13.6. The second-order valence-electron chi connectivity index (χ2n) is 7.38. The fraction of sp³-hybridized carbons (Fsp3) is 0.381. The third kappa shape index (κ3) is 4.25. The standard InChI is InChI=1S/C21H25FN2O3S/c1-14-5-7-19(12-16(14)3)28(26,27)24-10-8-17(9-11-24)21(25)23-18-6-4-15(2)20(22)13-18/h4-7,12-13,17H,8-11H2,1-3H3,(H,23,25). The lowest BCUT2D eigenvalue weighted by molar-refractivity contribution is -0.120. The second kappa shape index (κ2) is 8.01. The zero-order valence-electron chi connectivity index (χ0n) is 16.3. The van der Waals surface area contributed by atoms with Gasteiger partial charge in [0.05, 0.1) is 4.90 Å². The first-order valence-corrected chi connectivity index (χ1v) is 10.8. The van der Waals surface area contributed by atoms with Crippen molar-refractivity contribution in [1.29, 1.82) is 0 Å². The van der Waals surface area contributed by atoms with Gasteiger partial charge in [-0.3, -0.25) is 4.79 Å². The summed E-state index contributed by atoms with van der Waals surface area (Å²) in [6, 6.07) is 9.70. The predicted octanol–water partition coefficient (Wildman–Crippen LogP) is 3.79. The number of carbonyl (C=O) groups excluding carboxylic acids is 1. The number of aryl methyl sites for hydroxylation is 3. The quantitative estimate of drug-likeness (QED) is 0.843. The molecule has 2 aromatic rings. The number of sulfonamides is 1. The molecule has 0 spiro atoms. The van der Waals surface area contributed by atoms with E-state index in [1.54, 1.807) is 31.2 Å². The van der Waals surface area contributed by atoms with E-state index >= 15 is 0 Å². The molecule has 0 aromatic heterocycles. The van der Waals surface area contributed by atoms with Gasteiger partial charge >= 0.3 is 0 Å². The molecule has 28 heavy (non-hydrogen) atoms. The summed E-state index contributed by atoms with van der Waals surface area (Å²) >= 11 is 0. The van der Waals surface area contributed by atoms with Crippen LogP contribution in [0.4, 0.5) is 10.1 Å². The molecule has 3 rings (SSSR count). The van der Waals surface area contributed by atoms with Gasteiger partial charge in [0, 0.05) is 24.7 Å². The van der Waals surface area contributed by atoms with Gasteiger partial charge in [-0.1, -0.05) is 12.1 Å². The first-order chi connectivity index (χ1) is 13.2. The lowest BCUT2D eigenvalue weighted by atomic mass is 9.97. The van der Waals surface area contributed by atoms with Crippen LogP contribution in [0.15, 0.2) is 41.3 Å². The molecule has 5 nitrogen and oxygen atoms in total. The second-order valence-corrected chi connectivity index (χ2v) is 9.32. The molecule has 1 saturated heterocycles. The van der Waals surface area contributed by atoms with Crippen molar-refractivity contribution in [3.05, 3.63) is 58.9 Å². The molecule has 150 valence electrons. The molecule has 1 aliphatic heterocycles. The predicted molar refractivity (Wildman–Crippen MR) is 107 cm³/mol. The zero-order valence-corrected chi connectivity index (χ0v) is 17.1. The van der Waals surface area contributed by atoms with Gasteiger partial charge in [-0.15, -0.1) is 0 Å².